The minimum absolute atomic E-state index is 0.226. The van der Waals surface area contributed by atoms with Gasteiger partial charge in [-0.2, -0.15) is 0 Å². The average Bonchev–Trinajstić information content (AvgIpc) is 2.58. The summed E-state index contributed by atoms with van der Waals surface area (Å²) in [5, 5.41) is 22.9. The van der Waals surface area contributed by atoms with Crippen LogP contribution >= 0.6 is 23.2 Å². The zero-order valence-electron chi connectivity index (χ0n) is 17.0. The van der Waals surface area contributed by atoms with E-state index in [1.807, 2.05) is 24.3 Å². The quantitative estimate of drug-likeness (QED) is 0.551. The molecule has 2 rings (SSSR count). The molecule has 2 aromatic rings. The molecule has 0 spiro atoms. The first-order chi connectivity index (χ1) is 13.9. The van der Waals surface area contributed by atoms with E-state index in [-0.39, 0.29) is 6.42 Å². The smallest absolute Gasteiger partial charge is 0.407 e. The number of nitrogens with one attached hydrogen (secondary N) is 1. The third-order valence-electron chi connectivity index (χ3n) is 4.16. The fourth-order valence-electron chi connectivity index (χ4n) is 2.87. The molecule has 0 aliphatic rings. The molecule has 2 aromatic carbocycles. The van der Waals surface area contributed by atoms with Crippen molar-refractivity contribution >= 4 is 35.3 Å². The van der Waals surface area contributed by atoms with Crippen molar-refractivity contribution in [1.29, 1.82) is 0 Å². The van der Waals surface area contributed by atoms with Gasteiger partial charge >= 0.3 is 12.1 Å². The number of benzene rings is 2. The first-order valence-corrected chi connectivity index (χ1v) is 10.1. The van der Waals surface area contributed by atoms with Gasteiger partial charge in [0.25, 0.3) is 0 Å². The summed E-state index contributed by atoms with van der Waals surface area (Å²) in [6, 6.07) is 11.8. The van der Waals surface area contributed by atoms with E-state index >= 15 is 0 Å². The Morgan fingerprint density at radius 3 is 2.10 bits per heavy atom. The summed E-state index contributed by atoms with van der Waals surface area (Å²) in [5.41, 5.74) is 1.84. The van der Waals surface area contributed by atoms with Gasteiger partial charge in [0.15, 0.2) is 0 Å². The molecule has 162 valence electrons. The highest BCUT2D eigenvalue weighted by molar-refractivity contribution is 6.35. The van der Waals surface area contributed by atoms with E-state index in [1.165, 1.54) is 0 Å². The van der Waals surface area contributed by atoms with Gasteiger partial charge in [-0.1, -0.05) is 47.5 Å². The fourth-order valence-corrected chi connectivity index (χ4v) is 3.40. The molecule has 3 N–H and O–H groups in total. The number of halogens is 2. The van der Waals surface area contributed by atoms with Gasteiger partial charge in [-0.15, -0.1) is 0 Å². The maximum absolute atomic E-state index is 12.1. The van der Waals surface area contributed by atoms with Crippen molar-refractivity contribution in [2.75, 3.05) is 0 Å². The molecule has 0 fully saturated rings. The fraction of sp³-hybridized carbons (Fsp3) is 0.364. The summed E-state index contributed by atoms with van der Waals surface area (Å²) < 4.78 is 5.23. The van der Waals surface area contributed by atoms with Crippen molar-refractivity contribution in [1.82, 2.24) is 5.32 Å². The SMILES string of the molecule is CC(C)(C)OC(=O)NC(Cc1ccc(-c2cc(Cl)cc(Cl)c2)cc1)C(O)CC(=O)O. The molecule has 0 aromatic heterocycles. The van der Waals surface area contributed by atoms with Gasteiger partial charge in [0, 0.05) is 10.0 Å². The standard InChI is InChI=1S/C22H25Cl2NO5/c1-22(2,3)30-21(29)25-18(19(26)12-20(27)28)8-13-4-6-14(7-5-13)15-9-16(23)11-17(24)10-15/h4-7,9-11,18-19,26H,8,12H2,1-3H3,(H,25,29)(H,27,28). The van der Waals surface area contributed by atoms with Crippen molar-refractivity contribution in [2.45, 2.75) is 51.4 Å². The van der Waals surface area contributed by atoms with E-state index in [1.54, 1.807) is 39.0 Å². The van der Waals surface area contributed by atoms with Crippen LogP contribution < -0.4 is 5.32 Å². The molecule has 6 nitrogen and oxygen atoms in total. The van der Waals surface area contributed by atoms with Crippen molar-refractivity contribution < 1.29 is 24.5 Å². The first-order valence-electron chi connectivity index (χ1n) is 9.38. The summed E-state index contributed by atoms with van der Waals surface area (Å²) in [4.78, 5) is 23.1. The van der Waals surface area contributed by atoms with Crippen LogP contribution in [0.4, 0.5) is 4.79 Å². The van der Waals surface area contributed by atoms with E-state index < -0.39 is 36.2 Å². The lowest BCUT2D eigenvalue weighted by Gasteiger charge is -2.26. The number of aliphatic hydroxyl groups excluding tert-OH is 1. The van der Waals surface area contributed by atoms with Crippen LogP contribution in [0.1, 0.15) is 32.8 Å². The Morgan fingerprint density at radius 1 is 1.03 bits per heavy atom. The number of carbonyl (C=O) groups excluding carboxylic acids is 1. The van der Waals surface area contributed by atoms with Crippen molar-refractivity contribution in [3.05, 3.63) is 58.1 Å². The third kappa shape index (κ3) is 7.86. The topological polar surface area (TPSA) is 95.9 Å². The Hall–Kier alpha value is -2.28. The highest BCUT2D eigenvalue weighted by Gasteiger charge is 2.26. The second-order valence-corrected chi connectivity index (χ2v) is 8.85. The monoisotopic (exact) mass is 453 g/mol. The van der Waals surface area contributed by atoms with E-state index in [2.05, 4.69) is 5.32 Å². The molecule has 0 bridgehead atoms. The summed E-state index contributed by atoms with van der Waals surface area (Å²) in [6.07, 6.45) is -2.27. The molecule has 1 amide bonds. The minimum Gasteiger partial charge on any atom is -0.481 e. The Balaban J connectivity index is 2.17. The van der Waals surface area contributed by atoms with E-state index in [4.69, 9.17) is 33.0 Å². The zero-order valence-corrected chi connectivity index (χ0v) is 18.5. The molecule has 8 heteroatoms. The summed E-state index contributed by atoms with van der Waals surface area (Å²) in [5.74, 6) is -1.16. The summed E-state index contributed by atoms with van der Waals surface area (Å²) in [6.45, 7) is 5.16. The lowest BCUT2D eigenvalue weighted by molar-refractivity contribution is -0.139. The normalized spacial score (nSPS) is 13.4. The zero-order chi connectivity index (χ0) is 22.5. The summed E-state index contributed by atoms with van der Waals surface area (Å²) in [7, 11) is 0. The number of ether oxygens (including phenoxy) is 1. The Kier molecular flexibility index (Phi) is 8.12. The molecular weight excluding hydrogens is 429 g/mol. The van der Waals surface area contributed by atoms with Gasteiger partial charge in [0.2, 0.25) is 0 Å². The Labute approximate surface area is 185 Å². The molecular formula is C22H25Cl2NO5. The van der Waals surface area contributed by atoms with Crippen molar-refractivity contribution in [3.63, 3.8) is 0 Å². The van der Waals surface area contributed by atoms with Gasteiger partial charge in [0.1, 0.15) is 5.60 Å². The van der Waals surface area contributed by atoms with Crippen LogP contribution in [0.15, 0.2) is 42.5 Å². The van der Waals surface area contributed by atoms with Gasteiger partial charge < -0.3 is 20.3 Å². The number of hydrogen-bond donors (Lipinski definition) is 3. The Bertz CT molecular complexity index is 873. The van der Waals surface area contributed by atoms with Crippen LogP contribution in [0.2, 0.25) is 10.0 Å². The number of aliphatic hydroxyl groups is 1. The van der Waals surface area contributed by atoms with Crippen molar-refractivity contribution in [3.8, 4) is 11.1 Å². The molecule has 2 unspecified atom stereocenters. The molecule has 0 aliphatic carbocycles. The molecule has 30 heavy (non-hydrogen) atoms. The average molecular weight is 454 g/mol. The number of carboxylic acids is 1. The number of aliphatic carboxylic acids is 1. The Morgan fingerprint density at radius 2 is 1.60 bits per heavy atom. The van der Waals surface area contributed by atoms with E-state index in [0.29, 0.717) is 10.0 Å². The molecule has 2 atom stereocenters. The van der Waals surface area contributed by atoms with Crippen LogP contribution in [-0.4, -0.2) is 40.0 Å². The molecule has 0 aliphatic heterocycles. The summed E-state index contributed by atoms with van der Waals surface area (Å²) >= 11 is 12.1. The van der Waals surface area contributed by atoms with Crippen LogP contribution in [-0.2, 0) is 16.0 Å². The van der Waals surface area contributed by atoms with Crippen LogP contribution in [0, 0.1) is 0 Å². The van der Waals surface area contributed by atoms with Gasteiger partial charge in [0.05, 0.1) is 18.6 Å². The predicted molar refractivity (Wildman–Crippen MR) is 117 cm³/mol. The van der Waals surface area contributed by atoms with Crippen LogP contribution in [0.5, 0.6) is 0 Å². The lowest BCUT2D eigenvalue weighted by atomic mass is 9.97. The molecule has 0 heterocycles. The van der Waals surface area contributed by atoms with Crippen LogP contribution in [0.25, 0.3) is 11.1 Å². The molecule has 0 saturated carbocycles. The van der Waals surface area contributed by atoms with E-state index in [9.17, 15) is 14.7 Å². The van der Waals surface area contributed by atoms with Gasteiger partial charge in [-0.3, -0.25) is 4.79 Å². The molecule has 0 radical (unpaired) electrons. The third-order valence-corrected chi connectivity index (χ3v) is 4.59. The first kappa shape index (κ1) is 24.0. The number of carboxylic acid groups (broad SMARTS) is 1. The largest absolute Gasteiger partial charge is 0.481 e. The number of hydrogen-bond acceptors (Lipinski definition) is 4. The van der Waals surface area contributed by atoms with Gasteiger partial charge in [-0.25, -0.2) is 4.79 Å². The number of carbonyl (C=O) groups is 2. The minimum atomic E-state index is -1.28. The van der Waals surface area contributed by atoms with Crippen LogP contribution in [0.3, 0.4) is 0 Å². The highest BCUT2D eigenvalue weighted by atomic mass is 35.5. The van der Waals surface area contributed by atoms with Crippen molar-refractivity contribution in [2.24, 2.45) is 0 Å². The lowest BCUT2D eigenvalue weighted by Crippen LogP contribution is -2.47. The maximum Gasteiger partial charge on any atom is 0.407 e. The second kappa shape index (κ2) is 10.2. The predicted octanol–water partition coefficient (Wildman–Crippen LogP) is 4.93. The highest BCUT2D eigenvalue weighted by Crippen LogP contribution is 2.27. The second-order valence-electron chi connectivity index (χ2n) is 7.98. The number of alkyl carbamates (subject to hydrolysis) is 1. The maximum atomic E-state index is 12.1. The number of rotatable bonds is 7. The van der Waals surface area contributed by atoms with Gasteiger partial charge in [-0.05, 0) is 62.1 Å². The molecule has 0 saturated heterocycles. The number of amides is 1. The van der Waals surface area contributed by atoms with E-state index in [0.717, 1.165) is 16.7 Å².